The fourth-order valence-electron chi connectivity index (χ4n) is 2.92. The first kappa shape index (κ1) is 15.0. The number of nitrogens with zero attached hydrogens (tertiary/aromatic N) is 2. The number of nitrogens with one attached hydrogen (secondary N) is 3. The maximum atomic E-state index is 12.6. The SMILES string of the molecule is COc1ccccc1NC1=N[C@@]2(N=C(N)N1)C(=O)Nc1ccccc12. The van der Waals surface area contributed by atoms with Crippen LogP contribution in [-0.2, 0) is 10.5 Å². The van der Waals surface area contributed by atoms with Crippen LogP contribution in [0.1, 0.15) is 5.56 Å². The van der Waals surface area contributed by atoms with Crippen LogP contribution in [0.5, 0.6) is 5.75 Å². The van der Waals surface area contributed by atoms with E-state index in [1.165, 1.54) is 0 Å². The van der Waals surface area contributed by atoms with Gasteiger partial charge in [-0.25, -0.2) is 9.98 Å². The maximum Gasteiger partial charge on any atom is 0.280 e. The first-order valence-corrected chi connectivity index (χ1v) is 7.65. The minimum atomic E-state index is -1.43. The molecule has 8 nitrogen and oxygen atoms in total. The average Bonchev–Trinajstić information content (AvgIpc) is 2.86. The third-order valence-corrected chi connectivity index (χ3v) is 4.03. The Bertz CT molecular complexity index is 923. The molecule has 0 aromatic heterocycles. The molecule has 0 radical (unpaired) electrons. The van der Waals surface area contributed by atoms with Crippen LogP contribution in [0.15, 0.2) is 58.5 Å². The summed E-state index contributed by atoms with van der Waals surface area (Å²) in [4.78, 5) is 21.4. The number of ether oxygens (including phenoxy) is 1. The highest BCUT2D eigenvalue weighted by Crippen LogP contribution is 2.41. The highest BCUT2D eigenvalue weighted by atomic mass is 16.5. The molecule has 0 saturated carbocycles. The van der Waals surface area contributed by atoms with Gasteiger partial charge in [0.15, 0.2) is 5.96 Å². The van der Waals surface area contributed by atoms with E-state index in [1.807, 2.05) is 36.4 Å². The fraction of sp³-hybridized carbons (Fsp3) is 0.118. The number of benzene rings is 2. The van der Waals surface area contributed by atoms with Crippen LogP contribution in [0.25, 0.3) is 0 Å². The van der Waals surface area contributed by atoms with Crippen LogP contribution in [0.2, 0.25) is 0 Å². The van der Waals surface area contributed by atoms with Crippen molar-refractivity contribution in [3.05, 3.63) is 54.1 Å². The molecule has 5 N–H and O–H groups in total. The standard InChI is InChI=1S/C17H16N6O2/c1-25-13-9-5-4-8-12(13)20-16-21-15(18)22-17(23-16)10-6-2-3-7-11(10)19-14(17)24/h2-9H,1H3,(H,19,24)(H4,18,20,21,22,23)/t17-/m1/s1. The second-order valence-electron chi connectivity index (χ2n) is 5.58. The summed E-state index contributed by atoms with van der Waals surface area (Å²) >= 11 is 0. The molecule has 0 saturated heterocycles. The van der Waals surface area contributed by atoms with Gasteiger partial charge in [-0.05, 0) is 18.2 Å². The van der Waals surface area contributed by atoms with Crippen molar-refractivity contribution in [2.75, 3.05) is 17.7 Å². The molecule has 25 heavy (non-hydrogen) atoms. The van der Waals surface area contributed by atoms with E-state index < -0.39 is 5.66 Å². The lowest BCUT2D eigenvalue weighted by Gasteiger charge is -2.26. The van der Waals surface area contributed by atoms with Crippen molar-refractivity contribution in [1.29, 1.82) is 0 Å². The number of fused-ring (bicyclic) bond motifs is 2. The Morgan fingerprint density at radius 3 is 2.68 bits per heavy atom. The van der Waals surface area contributed by atoms with Gasteiger partial charge in [0.05, 0.1) is 12.8 Å². The molecule has 2 heterocycles. The Hall–Kier alpha value is -3.55. The number of guanidine groups is 2. The summed E-state index contributed by atoms with van der Waals surface area (Å²) in [7, 11) is 1.58. The van der Waals surface area contributed by atoms with Crippen molar-refractivity contribution >= 4 is 29.2 Å². The molecule has 1 amide bonds. The van der Waals surface area contributed by atoms with Gasteiger partial charge in [-0.2, -0.15) is 0 Å². The second kappa shape index (κ2) is 5.52. The summed E-state index contributed by atoms with van der Waals surface area (Å²) in [5, 5.41) is 8.75. The Morgan fingerprint density at radius 2 is 1.84 bits per heavy atom. The summed E-state index contributed by atoms with van der Waals surface area (Å²) in [5.74, 6) is 0.694. The molecule has 1 spiro atoms. The monoisotopic (exact) mass is 336 g/mol. The number of hydrogen-bond acceptors (Lipinski definition) is 7. The highest BCUT2D eigenvalue weighted by molar-refractivity contribution is 6.13. The summed E-state index contributed by atoms with van der Waals surface area (Å²) in [6, 6.07) is 14.6. The minimum Gasteiger partial charge on any atom is -0.495 e. The topological polar surface area (TPSA) is 113 Å². The lowest BCUT2D eigenvalue weighted by atomic mass is 10.0. The third-order valence-electron chi connectivity index (χ3n) is 4.03. The molecule has 0 unspecified atom stereocenters. The molecule has 0 aliphatic carbocycles. The van der Waals surface area contributed by atoms with E-state index in [0.29, 0.717) is 28.6 Å². The Labute approximate surface area is 143 Å². The first-order valence-electron chi connectivity index (χ1n) is 7.65. The zero-order chi connectivity index (χ0) is 17.4. The predicted octanol–water partition coefficient (Wildman–Crippen LogP) is 1.19. The van der Waals surface area contributed by atoms with Gasteiger partial charge in [0.2, 0.25) is 5.96 Å². The van der Waals surface area contributed by atoms with Gasteiger partial charge < -0.3 is 21.1 Å². The van der Waals surface area contributed by atoms with Crippen molar-refractivity contribution < 1.29 is 9.53 Å². The van der Waals surface area contributed by atoms with Crippen LogP contribution in [0.3, 0.4) is 0 Å². The molecule has 1 atom stereocenters. The van der Waals surface area contributed by atoms with E-state index in [1.54, 1.807) is 19.2 Å². The molecular weight excluding hydrogens is 320 g/mol. The van der Waals surface area contributed by atoms with Crippen LogP contribution in [-0.4, -0.2) is 24.9 Å². The zero-order valence-corrected chi connectivity index (χ0v) is 13.4. The second-order valence-corrected chi connectivity index (χ2v) is 5.58. The average molecular weight is 336 g/mol. The van der Waals surface area contributed by atoms with Crippen LogP contribution in [0, 0.1) is 0 Å². The van der Waals surface area contributed by atoms with Gasteiger partial charge in [-0.15, -0.1) is 0 Å². The quantitative estimate of drug-likeness (QED) is 0.658. The van der Waals surface area contributed by atoms with Crippen LogP contribution >= 0.6 is 0 Å². The molecule has 2 aliphatic rings. The number of para-hydroxylation sites is 3. The number of anilines is 2. The third kappa shape index (κ3) is 2.35. The van der Waals surface area contributed by atoms with Gasteiger partial charge in [0.1, 0.15) is 5.75 Å². The fourth-order valence-corrected chi connectivity index (χ4v) is 2.92. The molecule has 2 aromatic carbocycles. The predicted molar refractivity (Wildman–Crippen MR) is 95.6 cm³/mol. The van der Waals surface area contributed by atoms with Gasteiger partial charge >= 0.3 is 0 Å². The number of aliphatic imine (C=N–C) groups is 2. The van der Waals surface area contributed by atoms with Crippen molar-refractivity contribution in [2.24, 2.45) is 15.7 Å². The van der Waals surface area contributed by atoms with E-state index in [9.17, 15) is 4.79 Å². The summed E-state index contributed by atoms with van der Waals surface area (Å²) < 4.78 is 5.32. The van der Waals surface area contributed by atoms with Gasteiger partial charge in [-0.3, -0.25) is 10.1 Å². The molecule has 0 bridgehead atoms. The number of carbonyl (C=O) groups is 1. The zero-order valence-electron chi connectivity index (χ0n) is 13.4. The summed E-state index contributed by atoms with van der Waals surface area (Å²) in [6.07, 6.45) is 0. The van der Waals surface area contributed by atoms with Crippen molar-refractivity contribution in [3.8, 4) is 5.75 Å². The maximum absolute atomic E-state index is 12.6. The van der Waals surface area contributed by atoms with Crippen molar-refractivity contribution in [3.63, 3.8) is 0 Å². The van der Waals surface area contributed by atoms with E-state index in [0.717, 1.165) is 0 Å². The normalized spacial score (nSPS) is 20.9. The molecule has 8 heteroatoms. The van der Waals surface area contributed by atoms with Crippen molar-refractivity contribution in [1.82, 2.24) is 5.32 Å². The van der Waals surface area contributed by atoms with Crippen LogP contribution < -0.4 is 26.4 Å². The van der Waals surface area contributed by atoms with E-state index in [-0.39, 0.29) is 11.9 Å². The summed E-state index contributed by atoms with van der Waals surface area (Å²) in [5.41, 5.74) is 6.51. The van der Waals surface area contributed by atoms with Crippen molar-refractivity contribution in [2.45, 2.75) is 5.66 Å². The number of amides is 1. The number of hydrogen-bond donors (Lipinski definition) is 4. The van der Waals surface area contributed by atoms with Gasteiger partial charge in [-0.1, -0.05) is 30.3 Å². The van der Waals surface area contributed by atoms with Gasteiger partial charge in [0.25, 0.3) is 11.6 Å². The Morgan fingerprint density at radius 1 is 1.08 bits per heavy atom. The Balaban J connectivity index is 1.77. The summed E-state index contributed by atoms with van der Waals surface area (Å²) in [6.45, 7) is 0. The molecule has 2 aromatic rings. The molecule has 0 fully saturated rings. The van der Waals surface area contributed by atoms with E-state index in [4.69, 9.17) is 10.5 Å². The lowest BCUT2D eigenvalue weighted by Crippen LogP contribution is -2.49. The minimum absolute atomic E-state index is 0.0965. The molecular formula is C17H16N6O2. The number of methoxy groups -OCH3 is 1. The van der Waals surface area contributed by atoms with E-state index in [2.05, 4.69) is 25.9 Å². The molecule has 2 aliphatic heterocycles. The van der Waals surface area contributed by atoms with Gasteiger partial charge in [0, 0.05) is 11.3 Å². The molecule has 4 rings (SSSR count). The van der Waals surface area contributed by atoms with Crippen LogP contribution in [0.4, 0.5) is 11.4 Å². The number of nitrogens with two attached hydrogens (primary N) is 1. The van der Waals surface area contributed by atoms with E-state index >= 15 is 0 Å². The first-order chi connectivity index (χ1) is 12.1. The Kier molecular flexibility index (Phi) is 3.31. The smallest absolute Gasteiger partial charge is 0.280 e. The number of rotatable bonds is 2. The number of carbonyl (C=O) groups excluding carboxylic acids is 1. The largest absolute Gasteiger partial charge is 0.495 e. The lowest BCUT2D eigenvalue weighted by molar-refractivity contribution is -0.120. The highest BCUT2D eigenvalue weighted by Gasteiger charge is 2.49. The molecule has 126 valence electrons.